The Balaban J connectivity index is 1.32. The van der Waals surface area contributed by atoms with Gasteiger partial charge in [-0.1, -0.05) is 72.3 Å². The number of carbonyl (C=O) groups is 3. The van der Waals surface area contributed by atoms with Crippen molar-refractivity contribution in [2.24, 2.45) is 0 Å². The highest BCUT2D eigenvalue weighted by atomic mass is 35.5. The number of amides is 4. The summed E-state index contributed by atoms with van der Waals surface area (Å²) in [5.41, 5.74) is 2.05. The number of nitrogens with one attached hydrogen (secondary N) is 2. The lowest BCUT2D eigenvalue weighted by atomic mass is 10.0. The Bertz CT molecular complexity index is 2010. The van der Waals surface area contributed by atoms with Crippen molar-refractivity contribution in [2.45, 2.75) is 4.90 Å². The van der Waals surface area contributed by atoms with Gasteiger partial charge >= 0.3 is 6.03 Å². The summed E-state index contributed by atoms with van der Waals surface area (Å²) < 4.78 is 28.7. The van der Waals surface area contributed by atoms with E-state index in [1.165, 1.54) is 60.8 Å². The summed E-state index contributed by atoms with van der Waals surface area (Å²) in [4.78, 5) is 49.5. The number of barbiturate groups is 1. The number of hydrogen-bond acceptors (Lipinski definition) is 6. The molecule has 0 atom stereocenters. The molecule has 1 saturated heterocycles. The van der Waals surface area contributed by atoms with Crippen LogP contribution in [0.15, 0.2) is 126 Å². The van der Waals surface area contributed by atoms with Crippen LogP contribution in [-0.4, -0.2) is 36.2 Å². The highest BCUT2D eigenvalue weighted by Gasteiger charge is 2.43. The Hall–Kier alpha value is -5.52. The molecule has 10 nitrogen and oxygen atoms in total. The van der Waals surface area contributed by atoms with Gasteiger partial charge in [0.05, 0.1) is 28.2 Å². The highest BCUT2D eigenvalue weighted by molar-refractivity contribution is 7.92. The van der Waals surface area contributed by atoms with Gasteiger partial charge in [-0.3, -0.25) is 9.59 Å². The zero-order chi connectivity index (χ0) is 30.8. The Labute approximate surface area is 257 Å². The van der Waals surface area contributed by atoms with Crippen molar-refractivity contribution < 1.29 is 22.8 Å². The van der Waals surface area contributed by atoms with Crippen LogP contribution in [0, 0.1) is 0 Å². The Morgan fingerprint density at radius 2 is 1.27 bits per heavy atom. The van der Waals surface area contributed by atoms with Gasteiger partial charge in [0.2, 0.25) is 5.95 Å². The first kappa shape index (κ1) is 28.6. The van der Waals surface area contributed by atoms with Crippen LogP contribution in [0.1, 0.15) is 5.56 Å². The fraction of sp³-hybridized carbons (Fsp3) is 0. The number of hydrogen-bond donors (Lipinski definition) is 2. The van der Waals surface area contributed by atoms with E-state index in [9.17, 15) is 22.8 Å². The predicted octanol–water partition coefficient (Wildman–Crippen LogP) is 6.11. The minimum atomic E-state index is -4.10. The molecule has 0 aliphatic carbocycles. The summed E-state index contributed by atoms with van der Waals surface area (Å²) in [5.74, 6) is -1.65. The second-order valence-electron chi connectivity index (χ2n) is 9.62. The lowest BCUT2D eigenvalue weighted by Crippen LogP contribution is -2.57. The largest absolute Gasteiger partial charge is 0.343 e. The molecule has 2 N–H and O–H groups in total. The SMILES string of the molecule is O=C1/C(=C/c2ccccc2)C(=O)N(c2ccc(S(=O)(=O)Nc3ncc(-c4ccccc4)[nH]3)cc2)C(=O)N1c1ccc(Cl)cc1. The van der Waals surface area contributed by atoms with Gasteiger partial charge in [-0.25, -0.2) is 32.7 Å². The van der Waals surface area contributed by atoms with Crippen LogP contribution in [0.25, 0.3) is 17.3 Å². The number of anilines is 3. The van der Waals surface area contributed by atoms with E-state index in [2.05, 4.69) is 14.7 Å². The van der Waals surface area contributed by atoms with Crippen molar-refractivity contribution in [2.75, 3.05) is 14.5 Å². The summed E-state index contributed by atoms with van der Waals surface area (Å²) in [6.07, 6.45) is 2.92. The molecular weight excluding hydrogens is 602 g/mol. The van der Waals surface area contributed by atoms with Gasteiger partial charge in [0, 0.05) is 5.02 Å². The lowest BCUT2D eigenvalue weighted by molar-refractivity contribution is -0.121. The molecule has 0 radical (unpaired) electrons. The molecule has 0 unspecified atom stereocenters. The smallest absolute Gasteiger partial charge is 0.323 e. The van der Waals surface area contributed by atoms with Gasteiger partial charge in [-0.05, 0) is 65.7 Å². The monoisotopic (exact) mass is 623 g/mol. The highest BCUT2D eigenvalue weighted by Crippen LogP contribution is 2.31. The third-order valence-corrected chi connectivity index (χ3v) is 8.35. The second-order valence-corrected chi connectivity index (χ2v) is 11.7. The summed E-state index contributed by atoms with van der Waals surface area (Å²) in [5, 5.41) is 0.398. The second kappa shape index (κ2) is 11.6. The zero-order valence-electron chi connectivity index (χ0n) is 22.7. The van der Waals surface area contributed by atoms with E-state index in [0.29, 0.717) is 16.3 Å². The maximum absolute atomic E-state index is 13.7. The van der Waals surface area contributed by atoms with E-state index < -0.39 is 27.9 Å². The van der Waals surface area contributed by atoms with Crippen molar-refractivity contribution in [3.63, 3.8) is 0 Å². The van der Waals surface area contributed by atoms with Crippen LogP contribution in [-0.2, 0) is 19.6 Å². The minimum absolute atomic E-state index is 0.0159. The molecule has 1 aliphatic rings. The molecule has 0 spiro atoms. The van der Waals surface area contributed by atoms with Gasteiger partial charge in [0.15, 0.2) is 0 Å². The van der Waals surface area contributed by atoms with Crippen molar-refractivity contribution in [3.05, 3.63) is 132 Å². The van der Waals surface area contributed by atoms with E-state index in [4.69, 9.17) is 11.6 Å². The number of aromatic nitrogens is 2. The number of imide groups is 2. The molecule has 1 aromatic heterocycles. The van der Waals surface area contributed by atoms with Crippen LogP contribution in [0.3, 0.4) is 0 Å². The van der Waals surface area contributed by atoms with Gasteiger partial charge in [-0.2, -0.15) is 0 Å². The number of benzene rings is 4. The average Bonchev–Trinajstić information content (AvgIpc) is 3.49. The third kappa shape index (κ3) is 5.61. The molecule has 6 rings (SSSR count). The summed E-state index contributed by atoms with van der Waals surface area (Å²) in [6.45, 7) is 0. The first-order valence-corrected chi connectivity index (χ1v) is 15.1. The number of urea groups is 1. The van der Waals surface area contributed by atoms with E-state index in [-0.39, 0.29) is 27.8 Å². The number of nitrogens with zero attached hydrogens (tertiary/aromatic N) is 3. The van der Waals surface area contributed by atoms with Crippen molar-refractivity contribution in [1.29, 1.82) is 0 Å². The average molecular weight is 624 g/mol. The molecule has 4 aromatic carbocycles. The maximum atomic E-state index is 13.7. The molecule has 44 heavy (non-hydrogen) atoms. The quantitative estimate of drug-likeness (QED) is 0.166. The van der Waals surface area contributed by atoms with E-state index in [0.717, 1.165) is 15.4 Å². The molecule has 1 aliphatic heterocycles. The van der Waals surface area contributed by atoms with Gasteiger partial charge < -0.3 is 4.98 Å². The van der Waals surface area contributed by atoms with Crippen molar-refractivity contribution >= 4 is 62.9 Å². The predicted molar refractivity (Wildman–Crippen MR) is 168 cm³/mol. The topological polar surface area (TPSA) is 133 Å². The van der Waals surface area contributed by atoms with Crippen molar-refractivity contribution in [3.8, 4) is 11.3 Å². The number of aromatic amines is 1. The van der Waals surface area contributed by atoms with Gasteiger partial charge in [0.25, 0.3) is 21.8 Å². The Morgan fingerprint density at radius 1 is 0.727 bits per heavy atom. The number of carbonyl (C=O) groups excluding carboxylic acids is 3. The zero-order valence-corrected chi connectivity index (χ0v) is 24.3. The lowest BCUT2D eigenvalue weighted by Gasteiger charge is -2.34. The molecule has 218 valence electrons. The summed E-state index contributed by atoms with van der Waals surface area (Å²) >= 11 is 6.01. The normalized spacial score (nSPS) is 14.8. The molecular formula is C32H22ClN5O5S. The third-order valence-electron chi connectivity index (χ3n) is 6.74. The maximum Gasteiger partial charge on any atom is 0.343 e. The van der Waals surface area contributed by atoms with Crippen LogP contribution >= 0.6 is 11.6 Å². The summed E-state index contributed by atoms with van der Waals surface area (Å²) in [6, 6.07) is 28.3. The minimum Gasteiger partial charge on any atom is -0.323 e. The van der Waals surface area contributed by atoms with Gasteiger partial charge in [-0.15, -0.1) is 0 Å². The number of sulfonamides is 1. The fourth-order valence-electron chi connectivity index (χ4n) is 4.59. The van der Waals surface area contributed by atoms with Crippen LogP contribution in [0.2, 0.25) is 5.02 Å². The first-order chi connectivity index (χ1) is 21.2. The van der Waals surface area contributed by atoms with E-state index in [1.54, 1.807) is 30.3 Å². The molecule has 1 fully saturated rings. The van der Waals surface area contributed by atoms with Crippen LogP contribution in [0.4, 0.5) is 22.1 Å². The standard InChI is InChI=1S/C32H22ClN5O5S/c33-23-11-13-24(14-12-23)37-29(39)27(19-21-7-3-1-4-8-21)30(40)38(32(37)41)25-15-17-26(18-16-25)44(42,43)36-31-34-20-28(35-31)22-9-5-2-6-10-22/h1-20H,(H2,34,35,36)/b27-19-. The Kier molecular flexibility index (Phi) is 7.56. The van der Waals surface area contributed by atoms with Gasteiger partial charge in [0.1, 0.15) is 5.57 Å². The molecule has 5 aromatic rings. The molecule has 0 saturated carbocycles. The molecule has 4 amide bonds. The number of imidazole rings is 1. The summed E-state index contributed by atoms with van der Waals surface area (Å²) in [7, 11) is -4.10. The van der Waals surface area contributed by atoms with E-state index >= 15 is 0 Å². The van der Waals surface area contributed by atoms with Crippen LogP contribution < -0.4 is 14.5 Å². The number of halogens is 1. The number of H-pyrrole nitrogens is 1. The van der Waals surface area contributed by atoms with Crippen molar-refractivity contribution in [1.82, 2.24) is 9.97 Å². The number of rotatable bonds is 7. The fourth-order valence-corrected chi connectivity index (χ4v) is 5.69. The molecule has 12 heteroatoms. The molecule has 0 bridgehead atoms. The van der Waals surface area contributed by atoms with Crippen LogP contribution in [0.5, 0.6) is 0 Å². The first-order valence-electron chi connectivity index (χ1n) is 13.2. The molecule has 2 heterocycles. The Morgan fingerprint density at radius 3 is 1.86 bits per heavy atom. The van der Waals surface area contributed by atoms with E-state index in [1.807, 2.05) is 30.3 Å².